The van der Waals surface area contributed by atoms with E-state index in [2.05, 4.69) is 5.32 Å². The highest BCUT2D eigenvalue weighted by molar-refractivity contribution is 5.86. The fourth-order valence-electron chi connectivity index (χ4n) is 2.65. The van der Waals surface area contributed by atoms with E-state index in [1.165, 1.54) is 12.1 Å². The van der Waals surface area contributed by atoms with Gasteiger partial charge in [0.15, 0.2) is 0 Å². The minimum absolute atomic E-state index is 0. The highest BCUT2D eigenvalue weighted by atomic mass is 35.5. The Balaban J connectivity index is 0.00000242. The lowest BCUT2D eigenvalue weighted by Crippen LogP contribution is -2.52. The third-order valence-electron chi connectivity index (χ3n) is 3.84. The van der Waals surface area contributed by atoms with Gasteiger partial charge in [0.05, 0.1) is 18.2 Å². The van der Waals surface area contributed by atoms with Crippen LogP contribution in [-0.4, -0.2) is 18.1 Å². The van der Waals surface area contributed by atoms with Gasteiger partial charge in [-0.05, 0) is 32.3 Å². The standard InChI is InChI=1S/C16H23FN2O2.ClH/c1-3-8-16(2,18)15(20)19-13-5-4-9-21-14-10-11(17)6-7-12(13)14;/h6-7,10,13H,3-5,8-9,18H2,1-2H3,(H,19,20);1H. The quantitative estimate of drug-likeness (QED) is 0.891. The van der Waals surface area contributed by atoms with Crippen molar-refractivity contribution in [3.05, 3.63) is 29.6 Å². The Morgan fingerprint density at radius 2 is 2.27 bits per heavy atom. The lowest BCUT2D eigenvalue weighted by Gasteiger charge is -2.27. The molecule has 1 aromatic carbocycles. The van der Waals surface area contributed by atoms with Crippen molar-refractivity contribution >= 4 is 18.3 Å². The summed E-state index contributed by atoms with van der Waals surface area (Å²) in [5.74, 6) is -0.00564. The van der Waals surface area contributed by atoms with Crippen molar-refractivity contribution in [3.63, 3.8) is 0 Å². The van der Waals surface area contributed by atoms with Crippen LogP contribution < -0.4 is 15.8 Å². The molecule has 2 rings (SSSR count). The second-order valence-corrected chi connectivity index (χ2v) is 5.87. The maximum absolute atomic E-state index is 13.3. The van der Waals surface area contributed by atoms with Crippen molar-refractivity contribution in [2.75, 3.05) is 6.61 Å². The maximum Gasteiger partial charge on any atom is 0.240 e. The first-order chi connectivity index (χ1) is 9.94. The number of nitrogens with one attached hydrogen (secondary N) is 1. The van der Waals surface area contributed by atoms with E-state index in [1.807, 2.05) is 6.92 Å². The van der Waals surface area contributed by atoms with Gasteiger partial charge in [-0.2, -0.15) is 0 Å². The Bertz CT molecular complexity index is 523. The van der Waals surface area contributed by atoms with Gasteiger partial charge in [-0.3, -0.25) is 4.79 Å². The third kappa shape index (κ3) is 4.34. The van der Waals surface area contributed by atoms with Crippen molar-refractivity contribution in [1.82, 2.24) is 5.32 Å². The first-order valence-corrected chi connectivity index (χ1v) is 7.46. The Morgan fingerprint density at radius 1 is 1.55 bits per heavy atom. The van der Waals surface area contributed by atoms with E-state index in [9.17, 15) is 9.18 Å². The molecule has 2 unspecified atom stereocenters. The lowest BCUT2D eigenvalue weighted by atomic mass is 9.94. The number of fused-ring (bicyclic) bond motifs is 1. The number of carbonyl (C=O) groups is 1. The minimum Gasteiger partial charge on any atom is -0.493 e. The molecule has 0 aromatic heterocycles. The van der Waals surface area contributed by atoms with E-state index in [1.54, 1.807) is 13.0 Å². The number of ether oxygens (including phenoxy) is 1. The number of hydrogen-bond donors (Lipinski definition) is 2. The molecule has 4 nitrogen and oxygen atoms in total. The number of rotatable bonds is 4. The van der Waals surface area contributed by atoms with E-state index in [0.29, 0.717) is 18.8 Å². The predicted molar refractivity (Wildman–Crippen MR) is 86.8 cm³/mol. The fourth-order valence-corrected chi connectivity index (χ4v) is 2.65. The molecule has 2 atom stereocenters. The van der Waals surface area contributed by atoms with Gasteiger partial charge in [-0.1, -0.05) is 19.4 Å². The van der Waals surface area contributed by atoms with Crippen LogP contribution >= 0.6 is 12.4 Å². The average Bonchev–Trinajstić information content (AvgIpc) is 2.60. The summed E-state index contributed by atoms with van der Waals surface area (Å²) in [4.78, 5) is 12.4. The van der Waals surface area contributed by atoms with Gasteiger partial charge in [-0.25, -0.2) is 4.39 Å². The van der Waals surface area contributed by atoms with Crippen LogP contribution in [0.1, 0.15) is 51.1 Å². The van der Waals surface area contributed by atoms with Gasteiger partial charge in [0.1, 0.15) is 11.6 Å². The van der Waals surface area contributed by atoms with Crippen LogP contribution in [0.25, 0.3) is 0 Å². The summed E-state index contributed by atoms with van der Waals surface area (Å²) in [6, 6.07) is 4.25. The van der Waals surface area contributed by atoms with Gasteiger partial charge in [0.25, 0.3) is 0 Å². The molecule has 0 fully saturated rings. The van der Waals surface area contributed by atoms with Crippen LogP contribution in [0.3, 0.4) is 0 Å². The molecule has 1 amide bonds. The summed E-state index contributed by atoms with van der Waals surface area (Å²) in [6.07, 6.45) is 3.03. The Morgan fingerprint density at radius 3 is 2.95 bits per heavy atom. The Kier molecular flexibility index (Phi) is 6.63. The molecule has 3 N–H and O–H groups in total. The third-order valence-corrected chi connectivity index (χ3v) is 3.84. The van der Waals surface area contributed by atoms with E-state index in [4.69, 9.17) is 10.5 Å². The molecule has 0 radical (unpaired) electrons. The van der Waals surface area contributed by atoms with Crippen LogP contribution in [0.2, 0.25) is 0 Å². The smallest absolute Gasteiger partial charge is 0.240 e. The molecule has 1 aliphatic heterocycles. The molecule has 0 spiro atoms. The molecule has 0 bridgehead atoms. The average molecular weight is 331 g/mol. The second-order valence-electron chi connectivity index (χ2n) is 5.87. The summed E-state index contributed by atoms with van der Waals surface area (Å²) in [7, 11) is 0. The van der Waals surface area contributed by atoms with Gasteiger partial charge in [-0.15, -0.1) is 12.4 Å². The van der Waals surface area contributed by atoms with Crippen molar-refractivity contribution < 1.29 is 13.9 Å². The van der Waals surface area contributed by atoms with Crippen LogP contribution in [0.4, 0.5) is 4.39 Å². The molecule has 0 saturated heterocycles. The zero-order valence-electron chi connectivity index (χ0n) is 13.0. The number of hydrogen-bond acceptors (Lipinski definition) is 3. The fraction of sp³-hybridized carbons (Fsp3) is 0.562. The molecule has 6 heteroatoms. The number of benzene rings is 1. The maximum atomic E-state index is 13.3. The summed E-state index contributed by atoms with van der Waals surface area (Å²) in [6.45, 7) is 4.26. The first-order valence-electron chi connectivity index (χ1n) is 7.46. The van der Waals surface area contributed by atoms with Crippen LogP contribution in [-0.2, 0) is 4.79 Å². The summed E-state index contributed by atoms with van der Waals surface area (Å²) < 4.78 is 18.9. The molecule has 1 aliphatic rings. The van der Waals surface area contributed by atoms with Gasteiger partial charge in [0.2, 0.25) is 5.91 Å². The van der Waals surface area contributed by atoms with Crippen LogP contribution in [0, 0.1) is 5.82 Å². The lowest BCUT2D eigenvalue weighted by molar-refractivity contribution is -0.126. The highest BCUT2D eigenvalue weighted by Crippen LogP contribution is 2.32. The van der Waals surface area contributed by atoms with Crippen molar-refractivity contribution in [3.8, 4) is 5.75 Å². The van der Waals surface area contributed by atoms with Gasteiger partial charge in [0, 0.05) is 11.6 Å². The summed E-state index contributed by atoms with van der Waals surface area (Å²) in [5.41, 5.74) is 6.00. The topological polar surface area (TPSA) is 64.4 Å². The SMILES string of the molecule is CCCC(C)(N)C(=O)NC1CCCOc2cc(F)ccc21.Cl. The molecular formula is C16H24ClFN2O2. The van der Waals surface area contributed by atoms with E-state index in [0.717, 1.165) is 24.8 Å². The Hall–Kier alpha value is -1.33. The molecule has 1 aromatic rings. The minimum atomic E-state index is -0.887. The van der Waals surface area contributed by atoms with Gasteiger partial charge >= 0.3 is 0 Å². The molecular weight excluding hydrogens is 307 g/mol. The Labute approximate surface area is 137 Å². The molecule has 0 aliphatic carbocycles. The molecule has 0 saturated carbocycles. The van der Waals surface area contributed by atoms with Crippen molar-refractivity contribution in [1.29, 1.82) is 0 Å². The zero-order valence-corrected chi connectivity index (χ0v) is 13.8. The number of carbonyl (C=O) groups excluding carboxylic acids is 1. The first kappa shape index (κ1) is 18.7. The monoisotopic (exact) mass is 330 g/mol. The zero-order chi connectivity index (χ0) is 15.5. The molecule has 22 heavy (non-hydrogen) atoms. The van der Waals surface area contributed by atoms with E-state index >= 15 is 0 Å². The summed E-state index contributed by atoms with van der Waals surface area (Å²) in [5, 5.41) is 2.99. The molecule has 124 valence electrons. The summed E-state index contributed by atoms with van der Waals surface area (Å²) >= 11 is 0. The number of nitrogens with two attached hydrogens (primary N) is 1. The van der Waals surface area contributed by atoms with E-state index in [-0.39, 0.29) is 30.2 Å². The largest absolute Gasteiger partial charge is 0.493 e. The van der Waals surface area contributed by atoms with Gasteiger partial charge < -0.3 is 15.8 Å². The van der Waals surface area contributed by atoms with Crippen molar-refractivity contribution in [2.45, 2.75) is 51.1 Å². The number of amides is 1. The highest BCUT2D eigenvalue weighted by Gasteiger charge is 2.30. The number of halogens is 2. The van der Waals surface area contributed by atoms with Crippen LogP contribution in [0.15, 0.2) is 18.2 Å². The van der Waals surface area contributed by atoms with Crippen LogP contribution in [0.5, 0.6) is 5.75 Å². The predicted octanol–water partition coefficient (Wildman–Crippen LogP) is 3.09. The normalized spacial score (nSPS) is 19.7. The van der Waals surface area contributed by atoms with Crippen molar-refractivity contribution in [2.24, 2.45) is 5.73 Å². The molecule has 1 heterocycles. The van der Waals surface area contributed by atoms with E-state index < -0.39 is 5.54 Å². The second kappa shape index (κ2) is 7.79.